The van der Waals surface area contributed by atoms with Crippen molar-refractivity contribution in [2.24, 2.45) is 0 Å². The molecule has 0 aliphatic carbocycles. The molecule has 2 aromatic heterocycles. The molecule has 1 amide bonds. The lowest BCUT2D eigenvalue weighted by Gasteiger charge is -2.32. The monoisotopic (exact) mass is 457 g/mol. The lowest BCUT2D eigenvalue weighted by Crippen LogP contribution is -2.43. The number of anilines is 1. The highest BCUT2D eigenvalue weighted by Gasteiger charge is 2.20. The number of hydrogen-bond acceptors (Lipinski definition) is 5. The zero-order valence-electron chi connectivity index (χ0n) is 18.6. The van der Waals surface area contributed by atoms with Gasteiger partial charge in [0.1, 0.15) is 5.69 Å². The topological polar surface area (TPSA) is 53.4 Å². The minimum Gasteiger partial charge on any atom is -0.322 e. The van der Waals surface area contributed by atoms with Crippen molar-refractivity contribution in [2.45, 2.75) is 6.54 Å². The number of nitrogens with one attached hydrogen (secondary N) is 1. The molecule has 0 radical (unpaired) electrons. The normalized spacial score (nSPS) is 14.9. The van der Waals surface area contributed by atoms with Gasteiger partial charge >= 0.3 is 0 Å². The largest absolute Gasteiger partial charge is 0.322 e. The number of rotatable bonds is 6. The molecule has 6 nitrogen and oxygen atoms in total. The van der Waals surface area contributed by atoms with Gasteiger partial charge in [-0.25, -0.2) is 4.68 Å². The molecule has 0 spiro atoms. The summed E-state index contributed by atoms with van der Waals surface area (Å²) in [7, 11) is 2.16. The van der Waals surface area contributed by atoms with Crippen LogP contribution in [0.25, 0.3) is 16.3 Å². The molecule has 1 N–H and O–H groups in total. The van der Waals surface area contributed by atoms with Crippen LogP contribution in [0.3, 0.4) is 0 Å². The zero-order valence-corrected chi connectivity index (χ0v) is 19.5. The van der Waals surface area contributed by atoms with Crippen molar-refractivity contribution in [3.8, 4) is 16.3 Å². The fourth-order valence-electron chi connectivity index (χ4n) is 4.06. The number of piperazine rings is 1. The summed E-state index contributed by atoms with van der Waals surface area (Å²) in [6.07, 6.45) is 1.81. The average molecular weight is 458 g/mol. The van der Waals surface area contributed by atoms with Crippen LogP contribution in [0.15, 0.2) is 78.3 Å². The maximum absolute atomic E-state index is 13.3. The summed E-state index contributed by atoms with van der Waals surface area (Å²) >= 11 is 1.58. The third-order valence-electron chi connectivity index (χ3n) is 5.92. The maximum Gasteiger partial charge on any atom is 0.259 e. The fourth-order valence-corrected chi connectivity index (χ4v) is 4.78. The van der Waals surface area contributed by atoms with Gasteiger partial charge in [0.15, 0.2) is 0 Å². The van der Waals surface area contributed by atoms with Crippen molar-refractivity contribution in [2.75, 3.05) is 38.5 Å². The van der Waals surface area contributed by atoms with Crippen LogP contribution in [0.1, 0.15) is 15.9 Å². The quantitative estimate of drug-likeness (QED) is 0.460. The van der Waals surface area contributed by atoms with E-state index in [1.807, 2.05) is 66.2 Å². The number of carbonyl (C=O) groups is 1. The number of nitrogens with zero attached hydrogens (tertiary/aromatic N) is 4. The Labute approximate surface area is 198 Å². The molecule has 3 heterocycles. The molecule has 4 aromatic rings. The Hall–Kier alpha value is -3.26. The molecule has 0 atom stereocenters. The van der Waals surface area contributed by atoms with E-state index in [-0.39, 0.29) is 5.91 Å². The Morgan fingerprint density at radius 3 is 2.58 bits per heavy atom. The summed E-state index contributed by atoms with van der Waals surface area (Å²) in [4.78, 5) is 19.1. The third kappa shape index (κ3) is 5.06. The smallest absolute Gasteiger partial charge is 0.259 e. The van der Waals surface area contributed by atoms with Crippen LogP contribution in [0.5, 0.6) is 0 Å². The number of para-hydroxylation sites is 1. The van der Waals surface area contributed by atoms with Crippen LogP contribution in [0.2, 0.25) is 0 Å². The summed E-state index contributed by atoms with van der Waals surface area (Å²) in [6, 6.07) is 22.0. The lowest BCUT2D eigenvalue weighted by atomic mass is 10.1. The minimum atomic E-state index is -0.155. The second-order valence-electron chi connectivity index (χ2n) is 8.38. The van der Waals surface area contributed by atoms with Gasteiger partial charge in [0.25, 0.3) is 5.91 Å². The van der Waals surface area contributed by atoms with Gasteiger partial charge in [0.05, 0.1) is 16.1 Å². The molecular formula is C26H27N5OS. The number of amides is 1. The van der Waals surface area contributed by atoms with Crippen molar-refractivity contribution < 1.29 is 4.79 Å². The Morgan fingerprint density at radius 1 is 1.00 bits per heavy atom. The molecule has 1 aliphatic rings. The Balaban J connectivity index is 1.37. The van der Waals surface area contributed by atoms with E-state index >= 15 is 0 Å². The van der Waals surface area contributed by atoms with Gasteiger partial charge in [-0.3, -0.25) is 9.69 Å². The summed E-state index contributed by atoms with van der Waals surface area (Å²) in [5.41, 5.74) is 4.18. The second-order valence-corrected chi connectivity index (χ2v) is 9.33. The number of carbonyl (C=O) groups excluding carboxylic acids is 1. The van der Waals surface area contributed by atoms with Gasteiger partial charge in [-0.15, -0.1) is 11.3 Å². The molecule has 1 saturated heterocycles. The molecule has 5 rings (SSSR count). The van der Waals surface area contributed by atoms with Crippen molar-refractivity contribution in [1.29, 1.82) is 0 Å². The first-order valence-corrected chi connectivity index (χ1v) is 12.0. The summed E-state index contributed by atoms with van der Waals surface area (Å²) < 4.78 is 1.77. The van der Waals surface area contributed by atoms with E-state index in [1.165, 1.54) is 5.56 Å². The maximum atomic E-state index is 13.3. The molecule has 33 heavy (non-hydrogen) atoms. The Kier molecular flexibility index (Phi) is 6.35. The van der Waals surface area contributed by atoms with Crippen molar-refractivity contribution in [3.63, 3.8) is 0 Å². The van der Waals surface area contributed by atoms with Gasteiger partial charge in [-0.05, 0) is 48.3 Å². The van der Waals surface area contributed by atoms with Crippen LogP contribution in [-0.4, -0.2) is 58.7 Å². The average Bonchev–Trinajstić information content (AvgIpc) is 3.52. The van der Waals surface area contributed by atoms with Gasteiger partial charge in [0, 0.05) is 44.6 Å². The predicted molar refractivity (Wildman–Crippen MR) is 134 cm³/mol. The van der Waals surface area contributed by atoms with E-state index in [1.54, 1.807) is 16.0 Å². The van der Waals surface area contributed by atoms with Crippen molar-refractivity contribution >= 4 is 22.9 Å². The first-order chi connectivity index (χ1) is 16.2. The third-order valence-corrected chi connectivity index (χ3v) is 6.80. The number of aromatic nitrogens is 2. The molecule has 1 fully saturated rings. The fraction of sp³-hybridized carbons (Fsp3) is 0.231. The number of likely N-dealkylation sites (N-methyl/N-ethyl adjacent to an activating group) is 1. The minimum absolute atomic E-state index is 0.155. The molecule has 2 aromatic carbocycles. The summed E-state index contributed by atoms with van der Waals surface area (Å²) in [5.74, 6) is -0.155. The highest BCUT2D eigenvalue weighted by Crippen LogP contribution is 2.28. The summed E-state index contributed by atoms with van der Waals surface area (Å²) in [5, 5.41) is 9.84. The number of hydrogen-bond donors (Lipinski definition) is 1. The molecule has 0 unspecified atom stereocenters. The van der Waals surface area contributed by atoms with Crippen LogP contribution in [-0.2, 0) is 6.54 Å². The van der Waals surface area contributed by atoms with Crippen LogP contribution in [0.4, 0.5) is 5.69 Å². The van der Waals surface area contributed by atoms with Gasteiger partial charge in [-0.1, -0.05) is 36.4 Å². The van der Waals surface area contributed by atoms with Gasteiger partial charge in [-0.2, -0.15) is 5.10 Å². The Morgan fingerprint density at radius 2 is 1.82 bits per heavy atom. The molecule has 1 aliphatic heterocycles. The molecular weight excluding hydrogens is 430 g/mol. The molecule has 0 saturated carbocycles. The summed E-state index contributed by atoms with van der Waals surface area (Å²) in [6.45, 7) is 5.20. The van der Waals surface area contributed by atoms with Crippen molar-refractivity contribution in [1.82, 2.24) is 19.6 Å². The molecule has 7 heteroatoms. The first-order valence-electron chi connectivity index (χ1n) is 11.2. The van der Waals surface area contributed by atoms with Crippen molar-refractivity contribution in [3.05, 3.63) is 89.4 Å². The Bertz CT molecular complexity index is 1210. The zero-order chi connectivity index (χ0) is 22.6. The van der Waals surface area contributed by atoms with E-state index < -0.39 is 0 Å². The number of benzene rings is 2. The van der Waals surface area contributed by atoms with E-state index in [4.69, 9.17) is 5.10 Å². The van der Waals surface area contributed by atoms with E-state index in [0.29, 0.717) is 11.3 Å². The number of thiophene rings is 1. The van der Waals surface area contributed by atoms with Crippen LogP contribution in [0, 0.1) is 0 Å². The lowest BCUT2D eigenvalue weighted by molar-refractivity contribution is 0.102. The predicted octanol–water partition coefficient (Wildman–Crippen LogP) is 4.60. The van der Waals surface area contributed by atoms with Crippen LogP contribution < -0.4 is 5.32 Å². The highest BCUT2D eigenvalue weighted by molar-refractivity contribution is 7.13. The van der Waals surface area contributed by atoms with E-state index in [9.17, 15) is 4.79 Å². The van der Waals surface area contributed by atoms with Gasteiger partial charge in [0.2, 0.25) is 0 Å². The van der Waals surface area contributed by atoms with E-state index in [0.717, 1.165) is 49.0 Å². The second kappa shape index (κ2) is 9.70. The van der Waals surface area contributed by atoms with Crippen LogP contribution >= 0.6 is 11.3 Å². The SMILES string of the molecule is CN1CCN(Cc2cccc(NC(=O)c3cn(-c4ccccc4)nc3-c3cccs3)c2)CC1. The molecule has 0 bridgehead atoms. The first kappa shape index (κ1) is 21.6. The highest BCUT2D eigenvalue weighted by atomic mass is 32.1. The van der Waals surface area contributed by atoms with Gasteiger partial charge < -0.3 is 10.2 Å². The van der Waals surface area contributed by atoms with E-state index in [2.05, 4.69) is 34.3 Å². The molecule has 168 valence electrons. The standard InChI is InChI=1S/C26H27N5OS/c1-29-12-14-30(15-13-29)18-20-7-5-8-21(17-20)27-26(32)23-19-31(22-9-3-2-4-10-22)28-25(23)24-11-6-16-33-24/h2-11,16-17,19H,12-15,18H2,1H3,(H,27,32).